The normalized spacial score (nSPS) is 10.7. The molecule has 2 rings (SSSR count). The lowest BCUT2D eigenvalue weighted by atomic mass is 10.2. The van der Waals surface area contributed by atoms with E-state index in [1.807, 2.05) is 13.8 Å². The summed E-state index contributed by atoms with van der Waals surface area (Å²) < 4.78 is 35.8. The Kier molecular flexibility index (Phi) is 17.3. The minimum Gasteiger partial charge on any atom is -0.460 e. The third kappa shape index (κ3) is 13.6. The van der Waals surface area contributed by atoms with Crippen LogP contribution in [-0.4, -0.2) is 93.8 Å². The Hall–Kier alpha value is -4.59. The number of esters is 3. The second-order valence-electron chi connectivity index (χ2n) is 8.60. The van der Waals surface area contributed by atoms with Gasteiger partial charge < -0.3 is 33.2 Å². The van der Waals surface area contributed by atoms with Crippen molar-refractivity contribution in [3.8, 4) is 11.5 Å². The van der Waals surface area contributed by atoms with E-state index in [2.05, 4.69) is 0 Å². The van der Waals surface area contributed by atoms with Crippen LogP contribution in [0.3, 0.4) is 0 Å². The van der Waals surface area contributed by atoms with Crippen molar-refractivity contribution in [2.24, 2.45) is 0 Å². The standard InChI is InChI=1S/C28H34N2O16/c1-3-38-9-11-40-13-15-42-26(31)23-18-22(30(36)37)6-8-25(23)46-28(33)27(32)45-24-7-5-21(29(34)35)17-20(24)19-44-43-16-14-41-12-10-39-4-2/h5-8,17-18H,3-4,9-16,19H2,1-2H3. The lowest BCUT2D eigenvalue weighted by molar-refractivity contribution is -0.385. The number of carbonyl (C=O) groups is 3. The molecule has 0 aliphatic heterocycles. The fraction of sp³-hybridized carbons (Fsp3) is 0.464. The average Bonchev–Trinajstić information content (AvgIpc) is 3.03. The highest BCUT2D eigenvalue weighted by molar-refractivity contribution is 6.31. The Balaban J connectivity index is 2.05. The van der Waals surface area contributed by atoms with Gasteiger partial charge in [-0.25, -0.2) is 24.2 Å². The summed E-state index contributed by atoms with van der Waals surface area (Å²) in [6.07, 6.45) is 0. The number of ether oxygens (including phenoxy) is 7. The monoisotopic (exact) mass is 654 g/mol. The first-order chi connectivity index (χ1) is 22.2. The van der Waals surface area contributed by atoms with Crippen LogP contribution in [0.4, 0.5) is 11.4 Å². The average molecular weight is 655 g/mol. The molecule has 0 saturated heterocycles. The van der Waals surface area contributed by atoms with Gasteiger partial charge in [-0.3, -0.25) is 20.2 Å². The Morgan fingerprint density at radius 2 is 1.13 bits per heavy atom. The van der Waals surface area contributed by atoms with Gasteiger partial charge >= 0.3 is 17.9 Å². The second-order valence-corrected chi connectivity index (χ2v) is 8.60. The molecule has 18 heteroatoms. The summed E-state index contributed by atoms with van der Waals surface area (Å²) in [6.45, 7) is 5.53. The molecule has 0 aliphatic rings. The molecule has 0 amide bonds. The lowest BCUT2D eigenvalue weighted by Gasteiger charge is -2.12. The highest BCUT2D eigenvalue weighted by Gasteiger charge is 2.26. The maximum atomic E-state index is 12.6. The van der Waals surface area contributed by atoms with E-state index < -0.39 is 51.4 Å². The zero-order chi connectivity index (χ0) is 33.7. The molecule has 0 N–H and O–H groups in total. The predicted molar refractivity (Wildman–Crippen MR) is 153 cm³/mol. The van der Waals surface area contributed by atoms with Crippen LogP contribution >= 0.6 is 0 Å². The van der Waals surface area contributed by atoms with E-state index in [-0.39, 0.29) is 50.0 Å². The van der Waals surface area contributed by atoms with Crippen molar-refractivity contribution in [1.29, 1.82) is 0 Å². The fourth-order valence-corrected chi connectivity index (χ4v) is 3.31. The van der Waals surface area contributed by atoms with Crippen molar-refractivity contribution < 1.29 is 67.2 Å². The molecule has 0 bridgehead atoms. The van der Waals surface area contributed by atoms with Crippen molar-refractivity contribution in [2.45, 2.75) is 20.5 Å². The molecule has 0 unspecified atom stereocenters. The van der Waals surface area contributed by atoms with Crippen LogP contribution in [0.15, 0.2) is 36.4 Å². The molecule has 2 aromatic rings. The molecule has 0 fully saturated rings. The van der Waals surface area contributed by atoms with Crippen LogP contribution in [0.25, 0.3) is 0 Å². The third-order valence-electron chi connectivity index (χ3n) is 5.44. The van der Waals surface area contributed by atoms with Gasteiger partial charge in [-0.2, -0.15) is 0 Å². The second kappa shape index (κ2) is 21.2. The number of rotatable bonds is 22. The Bertz CT molecular complexity index is 1320. The number of hydrogen-bond acceptors (Lipinski definition) is 16. The van der Waals surface area contributed by atoms with Gasteiger partial charge in [0.25, 0.3) is 11.4 Å². The van der Waals surface area contributed by atoms with Gasteiger partial charge in [0.05, 0.1) is 49.5 Å². The Labute approximate surface area is 262 Å². The Morgan fingerprint density at radius 3 is 1.72 bits per heavy atom. The molecule has 0 radical (unpaired) electrons. The first kappa shape index (κ1) is 37.6. The number of benzene rings is 2. The van der Waals surface area contributed by atoms with Crippen molar-refractivity contribution in [2.75, 3.05) is 66.1 Å². The quantitative estimate of drug-likeness (QED) is 0.0339. The van der Waals surface area contributed by atoms with Crippen molar-refractivity contribution in [3.05, 3.63) is 67.8 Å². The van der Waals surface area contributed by atoms with Crippen LogP contribution in [0.2, 0.25) is 0 Å². The zero-order valence-corrected chi connectivity index (χ0v) is 25.2. The topological polar surface area (TPSA) is 221 Å². The smallest absolute Gasteiger partial charge is 0.423 e. The number of nitrogens with zero attached hydrogens (tertiary/aromatic N) is 2. The summed E-state index contributed by atoms with van der Waals surface area (Å²) in [6, 6.07) is 5.81. The van der Waals surface area contributed by atoms with Crippen LogP contribution < -0.4 is 9.47 Å². The third-order valence-corrected chi connectivity index (χ3v) is 5.44. The number of nitro benzene ring substituents is 2. The van der Waals surface area contributed by atoms with E-state index in [0.29, 0.717) is 33.0 Å². The maximum Gasteiger partial charge on any atom is 0.423 e. The van der Waals surface area contributed by atoms with Gasteiger partial charge in [0.1, 0.15) is 36.9 Å². The number of nitro groups is 2. The highest BCUT2D eigenvalue weighted by Crippen LogP contribution is 2.27. The number of hydrogen-bond donors (Lipinski definition) is 0. The van der Waals surface area contributed by atoms with Crippen molar-refractivity contribution >= 4 is 29.3 Å². The summed E-state index contributed by atoms with van der Waals surface area (Å²) in [5.41, 5.74) is -1.44. The molecule has 0 aliphatic carbocycles. The summed E-state index contributed by atoms with van der Waals surface area (Å²) in [5.74, 6) is -5.12. The summed E-state index contributed by atoms with van der Waals surface area (Å²) in [7, 11) is 0. The molecular formula is C28H34N2O16. The molecule has 46 heavy (non-hydrogen) atoms. The minimum atomic E-state index is -1.62. The largest absolute Gasteiger partial charge is 0.460 e. The van der Waals surface area contributed by atoms with Gasteiger partial charge in [-0.15, -0.1) is 0 Å². The molecule has 2 aromatic carbocycles. The first-order valence-electron chi connectivity index (χ1n) is 13.9. The van der Waals surface area contributed by atoms with Crippen molar-refractivity contribution in [1.82, 2.24) is 0 Å². The van der Waals surface area contributed by atoms with E-state index in [9.17, 15) is 34.6 Å². The van der Waals surface area contributed by atoms with E-state index in [1.165, 1.54) is 0 Å². The summed E-state index contributed by atoms with van der Waals surface area (Å²) >= 11 is 0. The van der Waals surface area contributed by atoms with E-state index >= 15 is 0 Å². The van der Waals surface area contributed by atoms with Gasteiger partial charge in [0.15, 0.2) is 0 Å². The van der Waals surface area contributed by atoms with Crippen LogP contribution in [0.5, 0.6) is 11.5 Å². The van der Waals surface area contributed by atoms with Gasteiger partial charge in [0.2, 0.25) is 0 Å². The van der Waals surface area contributed by atoms with Crippen LogP contribution in [0, 0.1) is 20.2 Å². The molecular weight excluding hydrogens is 620 g/mol. The van der Waals surface area contributed by atoms with E-state index in [1.54, 1.807) is 0 Å². The predicted octanol–water partition coefficient (Wildman–Crippen LogP) is 2.73. The maximum absolute atomic E-state index is 12.6. The van der Waals surface area contributed by atoms with Crippen LogP contribution in [-0.2, 0) is 49.7 Å². The van der Waals surface area contributed by atoms with Crippen LogP contribution in [0.1, 0.15) is 29.8 Å². The minimum absolute atomic E-state index is 0.00342. The summed E-state index contributed by atoms with van der Waals surface area (Å²) in [5, 5.41) is 22.5. The molecule has 0 aromatic heterocycles. The zero-order valence-electron chi connectivity index (χ0n) is 25.2. The molecule has 0 heterocycles. The SMILES string of the molecule is CCOCCOCCOOCc1cc([N+](=O)[O-])ccc1OC(=O)C(=O)Oc1ccc([N+](=O)[O-])cc1C(=O)OCCOCCOCC. The Morgan fingerprint density at radius 1 is 0.630 bits per heavy atom. The fourth-order valence-electron chi connectivity index (χ4n) is 3.31. The number of carbonyl (C=O) groups excluding carboxylic acids is 3. The van der Waals surface area contributed by atoms with E-state index in [4.69, 9.17) is 42.9 Å². The van der Waals surface area contributed by atoms with E-state index in [0.717, 1.165) is 36.4 Å². The molecule has 252 valence electrons. The van der Waals surface area contributed by atoms with Gasteiger partial charge in [-0.1, -0.05) is 0 Å². The molecule has 0 saturated carbocycles. The van der Waals surface area contributed by atoms with Crippen molar-refractivity contribution in [3.63, 3.8) is 0 Å². The first-order valence-corrected chi connectivity index (χ1v) is 13.9. The molecule has 18 nitrogen and oxygen atoms in total. The van der Waals surface area contributed by atoms with Gasteiger partial charge in [0, 0.05) is 43.0 Å². The summed E-state index contributed by atoms with van der Waals surface area (Å²) in [4.78, 5) is 68.9. The number of non-ortho nitro benzene ring substituents is 2. The molecule has 0 spiro atoms. The molecule has 0 atom stereocenters. The highest BCUT2D eigenvalue weighted by atomic mass is 17.2. The van der Waals surface area contributed by atoms with Gasteiger partial charge in [-0.05, 0) is 26.0 Å². The lowest BCUT2D eigenvalue weighted by Crippen LogP contribution is -2.27.